The van der Waals surface area contributed by atoms with E-state index in [9.17, 15) is 40.7 Å². The van der Waals surface area contributed by atoms with Crippen LogP contribution in [-0.4, -0.2) is 54.2 Å². The number of hydrogen-bond acceptors (Lipinski definition) is 3. The molecule has 8 nitrogen and oxygen atoms in total. The highest BCUT2D eigenvalue weighted by Gasteiger charge is 2.39. The topological polar surface area (TPSA) is 76.2 Å². The maximum absolute atomic E-state index is 13.2. The van der Waals surface area contributed by atoms with E-state index in [-0.39, 0.29) is 37.6 Å². The maximum Gasteiger partial charge on any atom is 0.417 e. The molecule has 2 heterocycles. The Kier molecular flexibility index (Phi) is 6.41. The molecular weight excluding hydrogens is 520 g/mol. The first-order valence-corrected chi connectivity index (χ1v) is 10.7. The summed E-state index contributed by atoms with van der Waals surface area (Å²) in [7, 11) is 0. The summed E-state index contributed by atoms with van der Waals surface area (Å²) in [5.74, 6) is 0. The normalized spacial score (nSPS) is 16.9. The van der Waals surface area contributed by atoms with Crippen LogP contribution in [0.4, 0.5) is 52.1 Å². The van der Waals surface area contributed by atoms with Gasteiger partial charge in [0.05, 0.1) is 29.2 Å². The molecule has 0 radical (unpaired) electrons. The highest BCUT2D eigenvalue weighted by atomic mass is 35.5. The number of anilines is 2. The van der Waals surface area contributed by atoms with Crippen molar-refractivity contribution in [2.45, 2.75) is 12.4 Å². The number of hydrazine groups is 1. The van der Waals surface area contributed by atoms with Crippen LogP contribution in [0, 0.1) is 0 Å². The van der Waals surface area contributed by atoms with Crippen LogP contribution in [0.15, 0.2) is 42.5 Å². The molecule has 2 fully saturated rings. The van der Waals surface area contributed by atoms with E-state index in [0.717, 1.165) is 50.0 Å². The standard InChI is InChI=1S/C21H16ClF6N5O3/c22-16-6-5-14(11-15(16)21(26,27)28)31-7-8-32(18(31)35)17(34)29-33-10-9-30(19(33)36)13-3-1-12(2-4-13)20(23,24)25/h1-6,11H,7-10H2,(H,29,34). The molecule has 0 aliphatic carbocycles. The van der Waals surface area contributed by atoms with E-state index in [0.29, 0.717) is 6.07 Å². The Bertz CT molecular complexity index is 1200. The molecular formula is C21H16ClF6N5O3. The zero-order chi connectivity index (χ0) is 26.4. The lowest BCUT2D eigenvalue weighted by atomic mass is 10.2. The Morgan fingerprint density at radius 2 is 1.36 bits per heavy atom. The van der Waals surface area contributed by atoms with E-state index in [1.165, 1.54) is 6.07 Å². The molecule has 2 aliphatic heterocycles. The summed E-state index contributed by atoms with van der Waals surface area (Å²) in [6, 6.07) is 4.16. The van der Waals surface area contributed by atoms with Crippen molar-refractivity contribution in [2.24, 2.45) is 0 Å². The lowest BCUT2D eigenvalue weighted by Crippen LogP contribution is -2.51. The van der Waals surface area contributed by atoms with Gasteiger partial charge in [-0.25, -0.2) is 29.7 Å². The first-order chi connectivity index (χ1) is 16.8. The fourth-order valence-electron chi connectivity index (χ4n) is 3.75. The largest absolute Gasteiger partial charge is 0.417 e. The van der Waals surface area contributed by atoms with Gasteiger partial charge in [-0.1, -0.05) is 11.6 Å². The maximum atomic E-state index is 13.2. The number of nitrogens with one attached hydrogen (secondary N) is 1. The second-order valence-electron chi connectivity index (χ2n) is 7.80. The molecule has 0 saturated carbocycles. The van der Waals surface area contributed by atoms with Gasteiger partial charge in [0.25, 0.3) is 0 Å². The number of alkyl halides is 6. The summed E-state index contributed by atoms with van der Waals surface area (Å²) in [5, 5.41) is 0.345. The van der Waals surface area contributed by atoms with E-state index >= 15 is 0 Å². The van der Waals surface area contributed by atoms with Crippen LogP contribution < -0.4 is 15.2 Å². The number of nitrogens with zero attached hydrogens (tertiary/aromatic N) is 4. The van der Waals surface area contributed by atoms with Crippen molar-refractivity contribution < 1.29 is 40.7 Å². The van der Waals surface area contributed by atoms with Gasteiger partial charge < -0.3 is 0 Å². The number of amides is 6. The van der Waals surface area contributed by atoms with E-state index in [2.05, 4.69) is 5.43 Å². The third kappa shape index (κ3) is 4.85. The Labute approximate surface area is 204 Å². The van der Waals surface area contributed by atoms with Crippen molar-refractivity contribution in [3.8, 4) is 0 Å². The molecule has 2 saturated heterocycles. The highest BCUT2D eigenvalue weighted by molar-refractivity contribution is 6.31. The average Bonchev–Trinajstić information content (AvgIpc) is 3.35. The third-order valence-electron chi connectivity index (χ3n) is 5.57. The zero-order valence-electron chi connectivity index (χ0n) is 18.0. The Balaban J connectivity index is 1.41. The van der Waals surface area contributed by atoms with Crippen molar-refractivity contribution in [2.75, 3.05) is 36.0 Å². The fourth-order valence-corrected chi connectivity index (χ4v) is 3.97. The van der Waals surface area contributed by atoms with Gasteiger partial charge in [-0.15, -0.1) is 0 Å². The monoisotopic (exact) mass is 535 g/mol. The molecule has 2 aliphatic rings. The molecule has 36 heavy (non-hydrogen) atoms. The third-order valence-corrected chi connectivity index (χ3v) is 5.90. The lowest BCUT2D eigenvalue weighted by Gasteiger charge is -2.23. The van der Waals surface area contributed by atoms with Gasteiger partial charge in [-0.05, 0) is 42.5 Å². The Hall–Kier alpha value is -3.68. The Morgan fingerprint density at radius 1 is 0.778 bits per heavy atom. The van der Waals surface area contributed by atoms with Crippen LogP contribution in [0.1, 0.15) is 11.1 Å². The van der Waals surface area contributed by atoms with Gasteiger partial charge in [0.15, 0.2) is 0 Å². The second kappa shape index (κ2) is 9.08. The SMILES string of the molecule is O=C(NN1CCN(c2ccc(C(F)(F)F)cc2)C1=O)N1CCN(c2ccc(Cl)c(C(F)(F)F)c2)C1=O. The van der Waals surface area contributed by atoms with Crippen molar-refractivity contribution >= 4 is 41.1 Å². The fraction of sp³-hybridized carbons (Fsp3) is 0.286. The molecule has 6 amide bonds. The van der Waals surface area contributed by atoms with Crippen LogP contribution in [-0.2, 0) is 12.4 Å². The predicted octanol–water partition coefficient (Wildman–Crippen LogP) is 5.19. The first-order valence-electron chi connectivity index (χ1n) is 10.3. The van der Waals surface area contributed by atoms with Crippen molar-refractivity contribution in [3.63, 3.8) is 0 Å². The van der Waals surface area contributed by atoms with Gasteiger partial charge in [0.2, 0.25) is 0 Å². The molecule has 4 rings (SSSR count). The van der Waals surface area contributed by atoms with Gasteiger partial charge in [-0.2, -0.15) is 26.3 Å². The van der Waals surface area contributed by atoms with Crippen molar-refractivity contribution in [3.05, 3.63) is 58.6 Å². The van der Waals surface area contributed by atoms with Gasteiger partial charge in [0.1, 0.15) is 0 Å². The minimum atomic E-state index is -4.75. The second-order valence-corrected chi connectivity index (χ2v) is 8.20. The van der Waals surface area contributed by atoms with Crippen LogP contribution in [0.5, 0.6) is 0 Å². The molecule has 0 bridgehead atoms. The van der Waals surface area contributed by atoms with E-state index in [1.54, 1.807) is 0 Å². The minimum absolute atomic E-state index is 0.0243. The van der Waals surface area contributed by atoms with Gasteiger partial charge in [0, 0.05) is 24.5 Å². The average molecular weight is 536 g/mol. The van der Waals surface area contributed by atoms with Crippen molar-refractivity contribution in [1.29, 1.82) is 0 Å². The summed E-state index contributed by atoms with van der Waals surface area (Å²) in [5.41, 5.74) is 0.296. The molecule has 1 N–H and O–H groups in total. The summed E-state index contributed by atoms with van der Waals surface area (Å²) < 4.78 is 77.7. The molecule has 0 aromatic heterocycles. The number of urea groups is 3. The van der Waals surface area contributed by atoms with Gasteiger partial charge >= 0.3 is 30.4 Å². The molecule has 0 spiro atoms. The van der Waals surface area contributed by atoms with Crippen molar-refractivity contribution in [1.82, 2.24) is 15.3 Å². The molecule has 0 unspecified atom stereocenters. The summed E-state index contributed by atoms with van der Waals surface area (Å²) in [6.45, 7) is -0.241. The molecule has 15 heteroatoms. The van der Waals surface area contributed by atoms with Crippen LogP contribution in [0.2, 0.25) is 5.02 Å². The zero-order valence-corrected chi connectivity index (χ0v) is 18.8. The number of carbonyl (C=O) groups is 3. The molecule has 2 aromatic carbocycles. The Morgan fingerprint density at radius 3 is 1.97 bits per heavy atom. The summed E-state index contributed by atoms with van der Waals surface area (Å²) in [4.78, 5) is 40.8. The molecule has 0 atom stereocenters. The quantitative estimate of drug-likeness (QED) is 0.550. The lowest BCUT2D eigenvalue weighted by molar-refractivity contribution is -0.138. The van der Waals surface area contributed by atoms with Crippen LogP contribution >= 0.6 is 11.6 Å². The number of hydrogen-bond donors (Lipinski definition) is 1. The van der Waals surface area contributed by atoms with Crippen LogP contribution in [0.3, 0.4) is 0 Å². The number of benzene rings is 2. The number of rotatable bonds is 3. The minimum Gasteiger partial charge on any atom is -0.292 e. The smallest absolute Gasteiger partial charge is 0.292 e. The van der Waals surface area contributed by atoms with Gasteiger partial charge in [-0.3, -0.25) is 9.80 Å². The molecule has 2 aromatic rings. The predicted molar refractivity (Wildman–Crippen MR) is 115 cm³/mol. The highest BCUT2D eigenvalue weighted by Crippen LogP contribution is 2.37. The molecule has 192 valence electrons. The van der Waals surface area contributed by atoms with E-state index < -0.39 is 46.6 Å². The summed E-state index contributed by atoms with van der Waals surface area (Å²) in [6.07, 6.45) is -9.29. The van der Waals surface area contributed by atoms with E-state index in [4.69, 9.17) is 11.6 Å². The number of halogens is 7. The van der Waals surface area contributed by atoms with Crippen LogP contribution in [0.25, 0.3) is 0 Å². The summed E-state index contributed by atoms with van der Waals surface area (Å²) >= 11 is 5.61. The number of carbonyl (C=O) groups excluding carboxylic acids is 3. The first kappa shape index (κ1) is 25.4. The van der Waals surface area contributed by atoms with E-state index in [1.807, 2.05) is 0 Å². The number of imide groups is 1.